The Hall–Kier alpha value is -3.70. The summed E-state index contributed by atoms with van der Waals surface area (Å²) >= 11 is 0. The summed E-state index contributed by atoms with van der Waals surface area (Å²) in [6.07, 6.45) is 0. The highest BCUT2D eigenvalue weighted by Crippen LogP contribution is 2.26. The largest absolute Gasteiger partial charge is 0.494 e. The van der Waals surface area contributed by atoms with Crippen molar-refractivity contribution >= 4 is 16.8 Å². The van der Waals surface area contributed by atoms with Crippen molar-refractivity contribution in [1.29, 1.82) is 0 Å². The molecule has 0 saturated heterocycles. The average molecular weight is 440 g/mol. The molecule has 0 aliphatic rings. The first-order chi connectivity index (χ1) is 16.1. The number of likely N-dealkylation sites (N-methyl/N-ethyl adjacent to an activating group) is 1. The van der Waals surface area contributed by atoms with Gasteiger partial charge in [-0.2, -0.15) is 0 Å². The van der Waals surface area contributed by atoms with Crippen LogP contribution in [-0.2, 0) is 6.54 Å². The van der Waals surface area contributed by atoms with Crippen LogP contribution >= 0.6 is 0 Å². The number of para-hydroxylation sites is 1. The van der Waals surface area contributed by atoms with Gasteiger partial charge in [0.25, 0.3) is 5.91 Å². The molecule has 33 heavy (non-hydrogen) atoms. The highest BCUT2D eigenvalue weighted by atomic mass is 16.5. The van der Waals surface area contributed by atoms with Gasteiger partial charge in [0.2, 0.25) is 0 Å². The molecule has 1 heterocycles. The van der Waals surface area contributed by atoms with Gasteiger partial charge in [0.15, 0.2) is 0 Å². The van der Waals surface area contributed by atoms with Gasteiger partial charge >= 0.3 is 0 Å². The fraction of sp³-hybridized carbons (Fsp3) is 0.214. The minimum Gasteiger partial charge on any atom is -0.494 e. The van der Waals surface area contributed by atoms with Crippen molar-refractivity contribution in [3.63, 3.8) is 0 Å². The topological polar surface area (TPSA) is 54.5 Å². The lowest BCUT2D eigenvalue weighted by molar-refractivity contribution is 0.0951. The third-order valence-corrected chi connectivity index (χ3v) is 5.50. The zero-order valence-corrected chi connectivity index (χ0v) is 19.1. The van der Waals surface area contributed by atoms with Crippen LogP contribution in [0.4, 0.5) is 0 Å². The van der Waals surface area contributed by atoms with E-state index < -0.39 is 0 Å². The van der Waals surface area contributed by atoms with Crippen LogP contribution in [-0.4, -0.2) is 42.5 Å². The molecule has 0 fully saturated rings. The summed E-state index contributed by atoms with van der Waals surface area (Å²) in [6.45, 7) is 4.75. The van der Waals surface area contributed by atoms with Crippen molar-refractivity contribution in [2.75, 3.05) is 26.7 Å². The number of pyridine rings is 1. The molecule has 0 radical (unpaired) electrons. The second-order valence-corrected chi connectivity index (χ2v) is 8.01. The molecule has 0 unspecified atom stereocenters. The predicted molar refractivity (Wildman–Crippen MR) is 133 cm³/mol. The maximum Gasteiger partial charge on any atom is 0.252 e. The van der Waals surface area contributed by atoms with Crippen LogP contribution < -0.4 is 10.1 Å². The molecule has 1 amide bonds. The molecule has 4 aromatic rings. The summed E-state index contributed by atoms with van der Waals surface area (Å²) in [5.41, 5.74) is 4.40. The second-order valence-electron chi connectivity index (χ2n) is 8.01. The summed E-state index contributed by atoms with van der Waals surface area (Å²) < 4.78 is 5.54. The van der Waals surface area contributed by atoms with Crippen molar-refractivity contribution in [2.45, 2.75) is 13.5 Å². The molecule has 5 heteroatoms. The number of carbonyl (C=O) groups excluding carboxylic acids is 1. The second kappa shape index (κ2) is 10.7. The van der Waals surface area contributed by atoms with E-state index in [0.29, 0.717) is 18.7 Å². The normalized spacial score (nSPS) is 11.0. The van der Waals surface area contributed by atoms with Gasteiger partial charge in [-0.15, -0.1) is 0 Å². The van der Waals surface area contributed by atoms with Crippen molar-refractivity contribution in [2.24, 2.45) is 0 Å². The number of carbonyl (C=O) groups is 1. The smallest absolute Gasteiger partial charge is 0.252 e. The average Bonchev–Trinajstić information content (AvgIpc) is 2.84. The van der Waals surface area contributed by atoms with Crippen molar-refractivity contribution < 1.29 is 9.53 Å². The Morgan fingerprint density at radius 3 is 2.45 bits per heavy atom. The maximum atomic E-state index is 13.1. The van der Waals surface area contributed by atoms with Gasteiger partial charge in [0.1, 0.15) is 5.75 Å². The Morgan fingerprint density at radius 1 is 0.970 bits per heavy atom. The molecule has 168 valence electrons. The number of amides is 1. The molecule has 1 aromatic heterocycles. The van der Waals surface area contributed by atoms with E-state index in [1.807, 2.05) is 79.7 Å². The predicted octanol–water partition coefficient (Wildman–Crippen LogP) is 5.16. The molecule has 3 aromatic carbocycles. The molecule has 5 nitrogen and oxygen atoms in total. The number of rotatable bonds is 9. The van der Waals surface area contributed by atoms with E-state index in [2.05, 4.69) is 29.4 Å². The van der Waals surface area contributed by atoms with Crippen molar-refractivity contribution in [3.05, 3.63) is 96.1 Å². The molecular formula is C28H29N3O2. The van der Waals surface area contributed by atoms with Crippen molar-refractivity contribution in [3.8, 4) is 17.0 Å². The molecular weight excluding hydrogens is 410 g/mol. The van der Waals surface area contributed by atoms with Gasteiger partial charge in [-0.05, 0) is 55.9 Å². The van der Waals surface area contributed by atoms with Gasteiger partial charge < -0.3 is 15.0 Å². The maximum absolute atomic E-state index is 13.1. The van der Waals surface area contributed by atoms with Gasteiger partial charge in [-0.3, -0.25) is 4.79 Å². The molecule has 0 bridgehead atoms. The minimum absolute atomic E-state index is 0.0890. The van der Waals surface area contributed by atoms with E-state index in [0.717, 1.165) is 41.0 Å². The van der Waals surface area contributed by atoms with Crippen LogP contribution in [0.15, 0.2) is 84.9 Å². The van der Waals surface area contributed by atoms with Crippen LogP contribution in [0.3, 0.4) is 0 Å². The number of hydrogen-bond donors (Lipinski definition) is 1. The first kappa shape index (κ1) is 22.5. The standard InChI is InChI=1S/C28H29N3O2/c1-3-33-23-15-13-22(14-16-23)27-19-25(24-11-7-8-12-26(24)30-27)28(32)29-17-18-31(2)20-21-9-5-4-6-10-21/h4-16,19H,3,17-18,20H2,1-2H3,(H,29,32). The fourth-order valence-corrected chi connectivity index (χ4v) is 3.83. The van der Waals surface area contributed by atoms with Gasteiger partial charge in [-0.1, -0.05) is 48.5 Å². The summed E-state index contributed by atoms with van der Waals surface area (Å²) in [6, 6.07) is 27.8. The van der Waals surface area contributed by atoms with E-state index in [9.17, 15) is 4.79 Å². The molecule has 0 aliphatic carbocycles. The van der Waals surface area contributed by atoms with E-state index in [-0.39, 0.29) is 5.91 Å². The van der Waals surface area contributed by atoms with Crippen LogP contribution in [0.5, 0.6) is 5.75 Å². The number of hydrogen-bond acceptors (Lipinski definition) is 4. The summed E-state index contributed by atoms with van der Waals surface area (Å²) in [7, 11) is 2.06. The first-order valence-electron chi connectivity index (χ1n) is 11.3. The highest BCUT2D eigenvalue weighted by Gasteiger charge is 2.14. The SMILES string of the molecule is CCOc1ccc(-c2cc(C(=O)NCCN(C)Cc3ccccc3)c3ccccc3n2)cc1. The molecule has 1 N–H and O–H groups in total. The number of nitrogens with one attached hydrogen (secondary N) is 1. The minimum atomic E-state index is -0.0890. The molecule has 0 aliphatic heterocycles. The van der Waals surface area contributed by atoms with E-state index in [1.54, 1.807) is 0 Å². The van der Waals surface area contributed by atoms with Crippen LogP contribution in [0, 0.1) is 0 Å². The number of fused-ring (bicyclic) bond motifs is 1. The summed E-state index contributed by atoms with van der Waals surface area (Å²) in [5, 5.41) is 3.93. The third-order valence-electron chi connectivity index (χ3n) is 5.50. The Morgan fingerprint density at radius 2 is 1.70 bits per heavy atom. The van der Waals surface area contributed by atoms with Crippen LogP contribution in [0.2, 0.25) is 0 Å². The van der Waals surface area contributed by atoms with Crippen LogP contribution in [0.1, 0.15) is 22.8 Å². The van der Waals surface area contributed by atoms with Gasteiger partial charge in [0, 0.05) is 30.6 Å². The number of benzene rings is 3. The Kier molecular flexibility index (Phi) is 7.33. The number of aromatic nitrogens is 1. The van der Waals surface area contributed by atoms with Gasteiger partial charge in [0.05, 0.1) is 23.4 Å². The highest BCUT2D eigenvalue weighted by molar-refractivity contribution is 6.07. The zero-order chi connectivity index (χ0) is 23.0. The summed E-state index contributed by atoms with van der Waals surface area (Å²) in [5.74, 6) is 0.730. The first-order valence-corrected chi connectivity index (χ1v) is 11.3. The van der Waals surface area contributed by atoms with E-state index in [4.69, 9.17) is 9.72 Å². The lowest BCUT2D eigenvalue weighted by atomic mass is 10.0. The molecule has 0 atom stereocenters. The molecule has 4 rings (SSSR count). The van der Waals surface area contributed by atoms with E-state index in [1.165, 1.54) is 5.56 Å². The van der Waals surface area contributed by atoms with E-state index >= 15 is 0 Å². The number of nitrogens with zero attached hydrogens (tertiary/aromatic N) is 2. The Bertz CT molecular complexity index is 1210. The summed E-state index contributed by atoms with van der Waals surface area (Å²) in [4.78, 5) is 20.1. The monoisotopic (exact) mass is 439 g/mol. The molecule has 0 saturated carbocycles. The Balaban J connectivity index is 1.49. The van der Waals surface area contributed by atoms with Crippen molar-refractivity contribution in [1.82, 2.24) is 15.2 Å². The molecule has 0 spiro atoms. The quantitative estimate of drug-likeness (QED) is 0.391. The Labute approximate surface area is 195 Å². The fourth-order valence-electron chi connectivity index (χ4n) is 3.83. The van der Waals surface area contributed by atoms with Crippen LogP contribution in [0.25, 0.3) is 22.2 Å². The third kappa shape index (κ3) is 5.76. The number of ether oxygens (including phenoxy) is 1. The zero-order valence-electron chi connectivity index (χ0n) is 19.1. The van der Waals surface area contributed by atoms with Gasteiger partial charge in [-0.25, -0.2) is 4.98 Å². The lowest BCUT2D eigenvalue weighted by Gasteiger charge is -2.17. The lowest BCUT2D eigenvalue weighted by Crippen LogP contribution is -2.33.